The van der Waals surface area contributed by atoms with Gasteiger partial charge in [0.1, 0.15) is 5.15 Å². The summed E-state index contributed by atoms with van der Waals surface area (Å²) >= 11 is 9.72. The average Bonchev–Trinajstić information content (AvgIpc) is 2.43. The molecular weight excluding hydrogens is 338 g/mol. The number of rotatable bonds is 4. The van der Waals surface area contributed by atoms with Gasteiger partial charge in [-0.05, 0) is 46.3 Å². The highest BCUT2D eigenvalue weighted by Crippen LogP contribution is 2.29. The first kappa shape index (κ1) is 15.4. The molecule has 0 aliphatic carbocycles. The van der Waals surface area contributed by atoms with Gasteiger partial charge < -0.3 is 0 Å². The molecule has 5 heteroatoms. The van der Waals surface area contributed by atoms with E-state index < -0.39 is 0 Å². The van der Waals surface area contributed by atoms with Crippen LogP contribution in [0.1, 0.15) is 32.0 Å². The Bertz CT molecular complexity index is 614. The zero-order chi connectivity index (χ0) is 14.7. The van der Waals surface area contributed by atoms with Crippen molar-refractivity contribution in [1.82, 2.24) is 15.0 Å². The van der Waals surface area contributed by atoms with Crippen LogP contribution < -0.4 is 0 Å². The molecule has 0 amide bonds. The lowest BCUT2D eigenvalue weighted by Gasteiger charge is -2.11. The number of nitrogens with zero attached hydrogens (tertiary/aromatic N) is 3. The van der Waals surface area contributed by atoms with Gasteiger partial charge in [0.05, 0.1) is 10.2 Å². The van der Waals surface area contributed by atoms with Crippen molar-refractivity contribution in [2.24, 2.45) is 5.92 Å². The second-order valence-corrected chi connectivity index (χ2v) is 6.23. The quantitative estimate of drug-likeness (QED) is 0.746. The Labute approximate surface area is 133 Å². The van der Waals surface area contributed by atoms with E-state index in [4.69, 9.17) is 11.6 Å². The lowest BCUT2D eigenvalue weighted by Crippen LogP contribution is -2.04. The Morgan fingerprint density at radius 2 is 2.05 bits per heavy atom. The molecule has 2 aromatic heterocycles. The molecule has 0 saturated carbocycles. The van der Waals surface area contributed by atoms with E-state index in [2.05, 4.69) is 51.7 Å². The summed E-state index contributed by atoms with van der Waals surface area (Å²) in [7, 11) is 0. The maximum absolute atomic E-state index is 6.23. The first-order chi connectivity index (χ1) is 9.52. The summed E-state index contributed by atoms with van der Waals surface area (Å²) in [5.41, 5.74) is 3.08. The van der Waals surface area contributed by atoms with Gasteiger partial charge in [-0.2, -0.15) is 0 Å². The Balaban J connectivity index is 2.54. The smallest absolute Gasteiger partial charge is 0.161 e. The van der Waals surface area contributed by atoms with E-state index in [0.29, 0.717) is 16.9 Å². The molecule has 0 fully saturated rings. The van der Waals surface area contributed by atoms with E-state index in [1.54, 1.807) is 6.20 Å². The zero-order valence-electron chi connectivity index (χ0n) is 11.8. The molecule has 0 unspecified atom stereocenters. The molecule has 0 radical (unpaired) electrons. The topological polar surface area (TPSA) is 38.7 Å². The first-order valence-electron chi connectivity index (χ1n) is 6.68. The van der Waals surface area contributed by atoms with Crippen LogP contribution in [0.5, 0.6) is 0 Å². The highest BCUT2D eigenvalue weighted by Gasteiger charge is 2.15. The summed E-state index contributed by atoms with van der Waals surface area (Å²) in [5, 5.41) is 0.463. The predicted octanol–water partition coefficient (Wildman–Crippen LogP) is 4.72. The molecule has 106 valence electrons. The minimum atomic E-state index is 0.463. The van der Waals surface area contributed by atoms with E-state index in [1.165, 1.54) is 0 Å². The minimum absolute atomic E-state index is 0.463. The Kier molecular flexibility index (Phi) is 5.11. The van der Waals surface area contributed by atoms with Gasteiger partial charge in [0.15, 0.2) is 5.82 Å². The van der Waals surface area contributed by atoms with Crippen molar-refractivity contribution in [3.63, 3.8) is 0 Å². The number of aryl methyl sites for hydroxylation is 1. The minimum Gasteiger partial charge on any atom is -0.264 e. The van der Waals surface area contributed by atoms with E-state index in [9.17, 15) is 0 Å². The van der Waals surface area contributed by atoms with Crippen LogP contribution in [-0.4, -0.2) is 15.0 Å². The van der Waals surface area contributed by atoms with Crippen LogP contribution in [0.2, 0.25) is 5.15 Å². The first-order valence-corrected chi connectivity index (χ1v) is 7.85. The highest BCUT2D eigenvalue weighted by molar-refractivity contribution is 9.10. The molecular formula is C15H17BrClN3. The summed E-state index contributed by atoms with van der Waals surface area (Å²) in [5.74, 6) is 1.18. The number of pyridine rings is 1. The van der Waals surface area contributed by atoms with Crippen LogP contribution in [0.3, 0.4) is 0 Å². The molecule has 0 spiro atoms. The lowest BCUT2D eigenvalue weighted by molar-refractivity contribution is 0.632. The summed E-state index contributed by atoms with van der Waals surface area (Å²) in [6.07, 6.45) is 5.37. The van der Waals surface area contributed by atoms with Crippen LogP contribution in [-0.2, 0) is 12.8 Å². The maximum atomic E-state index is 6.23. The predicted molar refractivity (Wildman–Crippen MR) is 85.9 cm³/mol. The molecule has 0 aliphatic rings. The Morgan fingerprint density at radius 3 is 2.70 bits per heavy atom. The summed E-state index contributed by atoms with van der Waals surface area (Å²) in [4.78, 5) is 13.2. The van der Waals surface area contributed by atoms with Crippen LogP contribution >= 0.6 is 27.5 Å². The fourth-order valence-electron chi connectivity index (χ4n) is 2.03. The molecule has 0 atom stereocenters. The normalized spacial score (nSPS) is 11.1. The van der Waals surface area contributed by atoms with Gasteiger partial charge in [0.25, 0.3) is 0 Å². The van der Waals surface area contributed by atoms with Gasteiger partial charge in [0, 0.05) is 18.0 Å². The average molecular weight is 355 g/mol. The summed E-state index contributed by atoms with van der Waals surface area (Å²) in [6, 6.07) is 1.94. The summed E-state index contributed by atoms with van der Waals surface area (Å²) in [6.45, 7) is 6.41. The molecule has 0 saturated heterocycles. The maximum Gasteiger partial charge on any atom is 0.161 e. The molecule has 0 aromatic carbocycles. The van der Waals surface area contributed by atoms with Crippen molar-refractivity contribution in [3.8, 4) is 11.4 Å². The largest absolute Gasteiger partial charge is 0.264 e. The molecule has 2 rings (SSSR count). The molecule has 0 aliphatic heterocycles. The van der Waals surface area contributed by atoms with E-state index >= 15 is 0 Å². The van der Waals surface area contributed by atoms with Gasteiger partial charge in [-0.1, -0.05) is 32.4 Å². The van der Waals surface area contributed by atoms with Gasteiger partial charge in [0.2, 0.25) is 0 Å². The van der Waals surface area contributed by atoms with Crippen LogP contribution in [0.4, 0.5) is 0 Å². The Hall–Kier alpha value is -1.00. The number of halogens is 2. The molecule has 3 nitrogen and oxygen atoms in total. The SMILES string of the molecule is CCc1cnccc1-c1nc(Cl)c(Br)c(CC(C)C)n1. The van der Waals surface area contributed by atoms with Gasteiger partial charge >= 0.3 is 0 Å². The van der Waals surface area contributed by atoms with E-state index in [-0.39, 0.29) is 0 Å². The third kappa shape index (κ3) is 3.36. The third-order valence-electron chi connectivity index (χ3n) is 3.01. The third-order valence-corrected chi connectivity index (χ3v) is 4.34. The molecule has 2 heterocycles. The zero-order valence-corrected chi connectivity index (χ0v) is 14.2. The highest BCUT2D eigenvalue weighted by atomic mass is 79.9. The molecule has 0 N–H and O–H groups in total. The van der Waals surface area contributed by atoms with Crippen LogP contribution in [0.25, 0.3) is 11.4 Å². The van der Waals surface area contributed by atoms with Crippen molar-refractivity contribution in [2.45, 2.75) is 33.6 Å². The van der Waals surface area contributed by atoms with Gasteiger partial charge in [-0.15, -0.1) is 0 Å². The van der Waals surface area contributed by atoms with Crippen molar-refractivity contribution in [1.29, 1.82) is 0 Å². The van der Waals surface area contributed by atoms with Gasteiger partial charge in [-0.3, -0.25) is 4.98 Å². The van der Waals surface area contributed by atoms with Crippen molar-refractivity contribution in [2.75, 3.05) is 0 Å². The standard InChI is InChI=1S/C15H17BrClN3/c1-4-10-8-18-6-5-11(10)15-19-12(7-9(2)3)13(16)14(17)20-15/h5-6,8-9H,4,7H2,1-3H3. The number of aromatic nitrogens is 3. The van der Waals surface area contributed by atoms with Gasteiger partial charge in [-0.25, -0.2) is 9.97 Å². The van der Waals surface area contributed by atoms with Crippen molar-refractivity contribution < 1.29 is 0 Å². The molecule has 0 bridgehead atoms. The summed E-state index contributed by atoms with van der Waals surface area (Å²) < 4.78 is 0.795. The molecule has 2 aromatic rings. The number of hydrogen-bond acceptors (Lipinski definition) is 3. The van der Waals surface area contributed by atoms with Crippen LogP contribution in [0, 0.1) is 5.92 Å². The number of hydrogen-bond donors (Lipinski definition) is 0. The van der Waals surface area contributed by atoms with Crippen LogP contribution in [0.15, 0.2) is 22.9 Å². The molecule has 20 heavy (non-hydrogen) atoms. The van der Waals surface area contributed by atoms with E-state index in [0.717, 1.165) is 34.1 Å². The second kappa shape index (κ2) is 6.64. The Morgan fingerprint density at radius 1 is 1.30 bits per heavy atom. The van der Waals surface area contributed by atoms with Crippen molar-refractivity contribution >= 4 is 27.5 Å². The monoisotopic (exact) mass is 353 g/mol. The van der Waals surface area contributed by atoms with E-state index in [1.807, 2.05) is 12.3 Å². The van der Waals surface area contributed by atoms with Crippen molar-refractivity contribution in [3.05, 3.63) is 39.3 Å². The lowest BCUT2D eigenvalue weighted by atomic mass is 10.1. The fourth-order valence-corrected chi connectivity index (χ4v) is 2.56. The second-order valence-electron chi connectivity index (χ2n) is 5.08. The fraction of sp³-hybridized carbons (Fsp3) is 0.400.